The molecule has 0 saturated heterocycles. The fourth-order valence-electron chi connectivity index (χ4n) is 0.943. The highest BCUT2D eigenvalue weighted by Gasteiger charge is 2.01. The maximum Gasteiger partial charge on any atom is 0.213 e. The maximum atomic E-state index is 7.42. The van der Waals surface area contributed by atoms with Crippen molar-refractivity contribution < 1.29 is 4.74 Å². The Balaban J connectivity index is 2.54. The molecule has 0 bridgehead atoms. The molecule has 5 N–H and O–H groups in total. The number of pyridine rings is 1. The number of amidine groups is 1. The van der Waals surface area contributed by atoms with Gasteiger partial charge in [0, 0.05) is 11.8 Å². The number of hydrogen-bond donors (Lipinski definition) is 3. The number of nitrogens with two attached hydrogens (primary N) is 2. The molecule has 0 aliphatic heterocycles. The van der Waals surface area contributed by atoms with Gasteiger partial charge in [0.1, 0.15) is 0 Å². The van der Waals surface area contributed by atoms with E-state index >= 15 is 0 Å². The average molecular weight is 239 g/mol. The first-order valence-corrected chi connectivity index (χ1v) is 5.41. The number of hydrogen-bond acceptors (Lipinski definition) is 4. The predicted molar refractivity (Wildman–Crippen MR) is 65.6 cm³/mol. The zero-order valence-electron chi connectivity index (χ0n) is 8.80. The predicted octanol–water partition coefficient (Wildman–Crippen LogP) is 0.532. The van der Waals surface area contributed by atoms with Crippen molar-refractivity contribution >= 4 is 22.9 Å². The van der Waals surface area contributed by atoms with Crippen LogP contribution in [0.3, 0.4) is 0 Å². The topological polar surface area (TPSA) is 110 Å². The van der Waals surface area contributed by atoms with Gasteiger partial charge in [0.25, 0.3) is 0 Å². The van der Waals surface area contributed by atoms with Gasteiger partial charge in [-0.3, -0.25) is 5.41 Å². The number of guanidine groups is 1. The second kappa shape index (κ2) is 5.96. The third-order valence-electron chi connectivity index (χ3n) is 1.58. The zero-order valence-corrected chi connectivity index (χ0v) is 9.62. The lowest BCUT2D eigenvalue weighted by Crippen LogP contribution is -2.23. The van der Waals surface area contributed by atoms with Crippen LogP contribution in [-0.2, 0) is 5.75 Å². The Morgan fingerprint density at radius 3 is 2.94 bits per heavy atom. The van der Waals surface area contributed by atoms with Crippen LogP contribution in [-0.4, -0.2) is 23.2 Å². The first-order valence-electron chi connectivity index (χ1n) is 4.42. The monoisotopic (exact) mass is 239 g/mol. The lowest BCUT2D eigenvalue weighted by atomic mass is 10.4. The summed E-state index contributed by atoms with van der Waals surface area (Å²) >= 11 is 1.19. The fraction of sp³-hybridized carbons (Fsp3) is 0.222. The zero-order chi connectivity index (χ0) is 12.0. The van der Waals surface area contributed by atoms with E-state index in [1.807, 2.05) is 12.1 Å². The molecule has 16 heavy (non-hydrogen) atoms. The molecule has 0 unspecified atom stereocenters. The summed E-state index contributed by atoms with van der Waals surface area (Å²) in [6.07, 6.45) is 0. The summed E-state index contributed by atoms with van der Waals surface area (Å²) in [6, 6.07) is 5.44. The van der Waals surface area contributed by atoms with Crippen LogP contribution < -0.4 is 16.2 Å². The summed E-state index contributed by atoms with van der Waals surface area (Å²) in [5.41, 5.74) is 11.1. The number of thioether (sulfide) groups is 1. The molecule has 1 heterocycles. The minimum absolute atomic E-state index is 0.0598. The van der Waals surface area contributed by atoms with Gasteiger partial charge < -0.3 is 16.2 Å². The molecule has 7 heteroatoms. The van der Waals surface area contributed by atoms with E-state index < -0.39 is 0 Å². The summed E-state index contributed by atoms with van der Waals surface area (Å²) in [6.45, 7) is 0. The Morgan fingerprint density at radius 1 is 1.56 bits per heavy atom. The highest BCUT2D eigenvalue weighted by Crippen LogP contribution is 2.14. The van der Waals surface area contributed by atoms with Gasteiger partial charge in [0.2, 0.25) is 5.88 Å². The van der Waals surface area contributed by atoms with Crippen molar-refractivity contribution in [3.8, 4) is 5.88 Å². The Kier molecular flexibility index (Phi) is 4.59. The summed E-state index contributed by atoms with van der Waals surface area (Å²) < 4.78 is 4.98. The van der Waals surface area contributed by atoms with E-state index in [2.05, 4.69) is 9.98 Å². The van der Waals surface area contributed by atoms with Crippen LogP contribution in [0.2, 0.25) is 0 Å². The van der Waals surface area contributed by atoms with Crippen molar-refractivity contribution in [2.75, 3.05) is 7.11 Å². The molecule has 0 fully saturated rings. The third-order valence-corrected chi connectivity index (χ3v) is 2.38. The summed E-state index contributed by atoms with van der Waals surface area (Å²) in [7, 11) is 1.56. The Labute approximate surface area is 97.6 Å². The molecule has 0 radical (unpaired) electrons. The third kappa shape index (κ3) is 4.18. The molecule has 0 aromatic carbocycles. The van der Waals surface area contributed by atoms with Gasteiger partial charge in [-0.1, -0.05) is 17.8 Å². The highest BCUT2D eigenvalue weighted by atomic mass is 32.2. The number of ether oxygens (including phenoxy) is 1. The molecule has 0 amide bonds. The SMILES string of the molecule is COc1cccc(CSC(=N)N=C(N)N)n1. The molecule has 0 atom stereocenters. The van der Waals surface area contributed by atoms with Crippen LogP contribution >= 0.6 is 11.8 Å². The van der Waals surface area contributed by atoms with E-state index in [0.717, 1.165) is 5.69 Å². The molecule has 0 spiro atoms. The molecule has 6 nitrogen and oxygen atoms in total. The molecule has 0 aliphatic carbocycles. The molecule has 0 aliphatic rings. The van der Waals surface area contributed by atoms with Crippen LogP contribution in [0.15, 0.2) is 23.2 Å². The average Bonchev–Trinajstić information content (AvgIpc) is 2.26. The van der Waals surface area contributed by atoms with Gasteiger partial charge in [0.05, 0.1) is 12.8 Å². The largest absolute Gasteiger partial charge is 0.481 e. The summed E-state index contributed by atoms with van der Waals surface area (Å²) in [5.74, 6) is 0.954. The second-order valence-electron chi connectivity index (χ2n) is 2.80. The number of aliphatic imine (C=N–C) groups is 1. The summed E-state index contributed by atoms with van der Waals surface area (Å²) in [4.78, 5) is 7.79. The van der Waals surface area contributed by atoms with Gasteiger partial charge in [-0.2, -0.15) is 4.99 Å². The smallest absolute Gasteiger partial charge is 0.213 e. The Hall–Kier alpha value is -1.76. The number of aromatic nitrogens is 1. The second-order valence-corrected chi connectivity index (χ2v) is 3.77. The normalized spacial score (nSPS) is 9.56. The van der Waals surface area contributed by atoms with Gasteiger partial charge in [-0.05, 0) is 6.07 Å². The lowest BCUT2D eigenvalue weighted by Gasteiger charge is -2.02. The van der Waals surface area contributed by atoms with E-state index in [0.29, 0.717) is 11.6 Å². The van der Waals surface area contributed by atoms with Crippen molar-refractivity contribution in [3.05, 3.63) is 23.9 Å². The van der Waals surface area contributed by atoms with Crippen LogP contribution in [0.4, 0.5) is 0 Å². The van der Waals surface area contributed by atoms with E-state index in [4.69, 9.17) is 21.6 Å². The lowest BCUT2D eigenvalue weighted by molar-refractivity contribution is 0.397. The quantitative estimate of drug-likeness (QED) is 0.526. The first-order chi connectivity index (χ1) is 7.61. The van der Waals surface area contributed by atoms with Crippen molar-refractivity contribution in [3.63, 3.8) is 0 Å². The van der Waals surface area contributed by atoms with Gasteiger partial charge in [-0.15, -0.1) is 0 Å². The van der Waals surface area contributed by atoms with Crippen LogP contribution in [0.1, 0.15) is 5.69 Å². The molecule has 86 valence electrons. The first kappa shape index (κ1) is 12.3. The molecule has 0 saturated carbocycles. The number of methoxy groups -OCH3 is 1. The van der Waals surface area contributed by atoms with Gasteiger partial charge in [-0.25, -0.2) is 4.98 Å². The van der Waals surface area contributed by atoms with Crippen molar-refractivity contribution in [1.82, 2.24) is 4.98 Å². The summed E-state index contributed by atoms with van der Waals surface area (Å²) in [5, 5.41) is 7.48. The number of rotatable bonds is 3. The molecular formula is C9H13N5OS. The minimum atomic E-state index is -0.115. The fourth-order valence-corrected chi connectivity index (χ4v) is 1.56. The maximum absolute atomic E-state index is 7.42. The molecule has 1 aromatic heterocycles. The number of nitrogens with zero attached hydrogens (tertiary/aromatic N) is 2. The van der Waals surface area contributed by atoms with E-state index in [1.54, 1.807) is 13.2 Å². The van der Waals surface area contributed by atoms with Crippen LogP contribution in [0.5, 0.6) is 5.88 Å². The van der Waals surface area contributed by atoms with Crippen LogP contribution in [0, 0.1) is 5.41 Å². The van der Waals surface area contributed by atoms with Gasteiger partial charge >= 0.3 is 0 Å². The molecule has 1 rings (SSSR count). The van der Waals surface area contributed by atoms with Crippen molar-refractivity contribution in [1.29, 1.82) is 5.41 Å². The Morgan fingerprint density at radius 2 is 2.31 bits per heavy atom. The Bertz CT molecular complexity index is 403. The molecular weight excluding hydrogens is 226 g/mol. The van der Waals surface area contributed by atoms with Gasteiger partial charge in [0.15, 0.2) is 11.1 Å². The van der Waals surface area contributed by atoms with E-state index in [-0.39, 0.29) is 11.1 Å². The standard InChI is InChI=1S/C9H13N5OS/c1-15-7-4-2-3-6(13-7)5-16-9(12)14-8(10)11/h2-4H,5H2,1H3,(H5,10,11,12,14). The number of nitrogens with one attached hydrogen (secondary N) is 1. The highest BCUT2D eigenvalue weighted by molar-refractivity contribution is 8.13. The minimum Gasteiger partial charge on any atom is -0.481 e. The van der Waals surface area contributed by atoms with E-state index in [1.165, 1.54) is 11.8 Å². The van der Waals surface area contributed by atoms with E-state index in [9.17, 15) is 0 Å². The molecule has 1 aromatic rings. The van der Waals surface area contributed by atoms with Crippen LogP contribution in [0.25, 0.3) is 0 Å². The van der Waals surface area contributed by atoms with Crippen molar-refractivity contribution in [2.24, 2.45) is 16.5 Å². The van der Waals surface area contributed by atoms with Crippen molar-refractivity contribution in [2.45, 2.75) is 5.75 Å².